The number of nitrogens with zero attached hydrogens (tertiary/aromatic N) is 1. The quantitative estimate of drug-likeness (QED) is 0.775. The fourth-order valence-electron chi connectivity index (χ4n) is 0.848. The van der Waals surface area contributed by atoms with E-state index in [9.17, 15) is 12.8 Å². The summed E-state index contributed by atoms with van der Waals surface area (Å²) in [6.45, 7) is 0. The van der Waals surface area contributed by atoms with Crippen LogP contribution in [0.3, 0.4) is 0 Å². The molecule has 0 aliphatic carbocycles. The van der Waals surface area contributed by atoms with Crippen LogP contribution >= 0.6 is 22.6 Å². The fraction of sp³-hybridized carbons (Fsp3) is 0.250. The van der Waals surface area contributed by atoms with Gasteiger partial charge in [0.05, 0.1) is 4.90 Å². The molecule has 78 valence electrons. The topological polar surface area (TPSA) is 37.4 Å². The molecule has 0 spiro atoms. The highest BCUT2D eigenvalue weighted by molar-refractivity contribution is 14.1. The lowest BCUT2D eigenvalue weighted by atomic mass is 10.3. The molecule has 0 radical (unpaired) electrons. The molecule has 0 aliphatic heterocycles. The number of hydrogen-bond donors (Lipinski definition) is 0. The third kappa shape index (κ3) is 2.23. The van der Waals surface area contributed by atoms with Crippen LogP contribution in [0.1, 0.15) is 0 Å². The summed E-state index contributed by atoms with van der Waals surface area (Å²) in [6.07, 6.45) is 0. The van der Waals surface area contributed by atoms with Gasteiger partial charge >= 0.3 is 0 Å². The summed E-state index contributed by atoms with van der Waals surface area (Å²) in [6, 6.07) is 3.85. The van der Waals surface area contributed by atoms with Crippen LogP contribution in [0, 0.1) is 9.39 Å². The van der Waals surface area contributed by atoms with Crippen molar-refractivity contribution in [1.29, 1.82) is 0 Å². The first-order chi connectivity index (χ1) is 6.35. The van der Waals surface area contributed by atoms with Gasteiger partial charge in [-0.25, -0.2) is 17.1 Å². The number of sulfonamides is 1. The van der Waals surface area contributed by atoms with E-state index in [1.54, 1.807) is 22.6 Å². The Balaban J connectivity index is 3.29. The summed E-state index contributed by atoms with van der Waals surface area (Å²) in [5, 5.41) is 0. The van der Waals surface area contributed by atoms with Gasteiger partial charge in [-0.05, 0) is 40.8 Å². The first kappa shape index (κ1) is 11.9. The summed E-state index contributed by atoms with van der Waals surface area (Å²) in [7, 11) is -0.710. The molecule has 0 heterocycles. The largest absolute Gasteiger partial charge is 0.242 e. The summed E-state index contributed by atoms with van der Waals surface area (Å²) in [5.74, 6) is -0.520. The zero-order valence-electron chi connectivity index (χ0n) is 7.66. The van der Waals surface area contributed by atoms with E-state index in [0.717, 1.165) is 10.4 Å². The monoisotopic (exact) mass is 329 g/mol. The Morgan fingerprint density at radius 3 is 2.36 bits per heavy atom. The number of rotatable bonds is 2. The van der Waals surface area contributed by atoms with Crippen molar-refractivity contribution in [2.45, 2.75) is 4.90 Å². The van der Waals surface area contributed by atoms with Gasteiger partial charge in [-0.3, -0.25) is 0 Å². The van der Waals surface area contributed by atoms with Gasteiger partial charge in [0.2, 0.25) is 10.0 Å². The Labute approximate surface area is 96.1 Å². The van der Waals surface area contributed by atoms with E-state index in [-0.39, 0.29) is 4.90 Å². The lowest BCUT2D eigenvalue weighted by Crippen LogP contribution is -2.22. The van der Waals surface area contributed by atoms with Crippen LogP contribution in [0.5, 0.6) is 0 Å². The Morgan fingerprint density at radius 1 is 1.36 bits per heavy atom. The molecule has 0 amide bonds. The minimum absolute atomic E-state index is 0.0274. The van der Waals surface area contributed by atoms with E-state index in [4.69, 9.17) is 0 Å². The standard InChI is InChI=1S/C8H9FINO2S/c1-11(2)14(12,13)6-3-4-8(10)7(9)5-6/h3-5H,1-2H3. The van der Waals surface area contributed by atoms with Crippen LogP contribution < -0.4 is 0 Å². The number of hydrogen-bond acceptors (Lipinski definition) is 2. The van der Waals surface area contributed by atoms with Crippen molar-refractivity contribution in [3.05, 3.63) is 27.6 Å². The Hall–Kier alpha value is -0.210. The van der Waals surface area contributed by atoms with Crippen LogP contribution in [0.15, 0.2) is 23.1 Å². The predicted octanol–water partition coefficient (Wildman–Crippen LogP) is 1.68. The maximum absolute atomic E-state index is 13.1. The molecule has 0 atom stereocenters. The van der Waals surface area contributed by atoms with Gasteiger partial charge in [-0.15, -0.1) is 0 Å². The van der Waals surface area contributed by atoms with E-state index in [2.05, 4.69) is 0 Å². The van der Waals surface area contributed by atoms with Gasteiger partial charge in [-0.2, -0.15) is 0 Å². The van der Waals surface area contributed by atoms with Crippen molar-refractivity contribution in [3.8, 4) is 0 Å². The molecule has 0 aromatic heterocycles. The molecule has 6 heteroatoms. The normalized spacial score (nSPS) is 12.1. The van der Waals surface area contributed by atoms with E-state index in [1.807, 2.05) is 0 Å². The van der Waals surface area contributed by atoms with Crippen LogP contribution in [-0.2, 0) is 10.0 Å². The third-order valence-electron chi connectivity index (χ3n) is 1.67. The van der Waals surface area contributed by atoms with Crippen LogP contribution in [0.4, 0.5) is 4.39 Å². The molecule has 3 nitrogen and oxygen atoms in total. The average Bonchev–Trinajstić information content (AvgIpc) is 2.09. The lowest BCUT2D eigenvalue weighted by Gasteiger charge is -2.11. The highest BCUT2D eigenvalue weighted by atomic mass is 127. The molecule has 0 saturated carbocycles. The summed E-state index contributed by atoms with van der Waals surface area (Å²) >= 11 is 1.80. The molecular formula is C8H9FINO2S. The van der Waals surface area contributed by atoms with Crippen LogP contribution in [-0.4, -0.2) is 26.8 Å². The molecule has 1 aromatic rings. The summed E-state index contributed by atoms with van der Waals surface area (Å²) < 4.78 is 37.6. The second-order valence-electron chi connectivity index (χ2n) is 2.86. The fourth-order valence-corrected chi connectivity index (χ4v) is 2.10. The van der Waals surface area contributed by atoms with Crippen molar-refractivity contribution >= 4 is 32.6 Å². The van der Waals surface area contributed by atoms with Gasteiger partial charge in [0.25, 0.3) is 0 Å². The zero-order valence-corrected chi connectivity index (χ0v) is 10.6. The van der Waals surface area contributed by atoms with Crippen molar-refractivity contribution in [1.82, 2.24) is 4.31 Å². The van der Waals surface area contributed by atoms with Gasteiger partial charge < -0.3 is 0 Å². The molecule has 1 rings (SSSR count). The Kier molecular flexibility index (Phi) is 3.49. The second kappa shape index (κ2) is 4.11. The highest BCUT2D eigenvalue weighted by Gasteiger charge is 2.18. The maximum atomic E-state index is 13.1. The van der Waals surface area contributed by atoms with Crippen LogP contribution in [0.25, 0.3) is 0 Å². The Morgan fingerprint density at radius 2 is 1.93 bits per heavy atom. The van der Waals surface area contributed by atoms with E-state index in [1.165, 1.54) is 26.2 Å². The molecule has 0 bridgehead atoms. The van der Waals surface area contributed by atoms with Crippen molar-refractivity contribution in [2.24, 2.45) is 0 Å². The first-order valence-corrected chi connectivity index (χ1v) is 6.25. The predicted molar refractivity (Wildman–Crippen MR) is 60.0 cm³/mol. The van der Waals surface area contributed by atoms with E-state index < -0.39 is 15.8 Å². The smallest absolute Gasteiger partial charge is 0.207 e. The van der Waals surface area contributed by atoms with Gasteiger partial charge in [-0.1, -0.05) is 0 Å². The summed E-state index contributed by atoms with van der Waals surface area (Å²) in [5.41, 5.74) is 0. The van der Waals surface area contributed by atoms with Crippen LogP contribution in [0.2, 0.25) is 0 Å². The lowest BCUT2D eigenvalue weighted by molar-refractivity contribution is 0.519. The van der Waals surface area contributed by atoms with Gasteiger partial charge in [0.15, 0.2) is 0 Å². The van der Waals surface area contributed by atoms with Gasteiger partial charge in [0.1, 0.15) is 5.82 Å². The van der Waals surface area contributed by atoms with Crippen molar-refractivity contribution in [2.75, 3.05) is 14.1 Å². The Bertz CT molecular complexity index is 445. The SMILES string of the molecule is CN(C)S(=O)(=O)c1ccc(I)c(F)c1. The van der Waals surface area contributed by atoms with Crippen molar-refractivity contribution < 1.29 is 12.8 Å². The minimum Gasteiger partial charge on any atom is -0.207 e. The third-order valence-corrected chi connectivity index (χ3v) is 4.36. The molecule has 0 unspecified atom stereocenters. The zero-order chi connectivity index (χ0) is 10.9. The number of halogens is 2. The summed E-state index contributed by atoms with van der Waals surface area (Å²) in [4.78, 5) is -0.0274. The molecule has 0 aliphatic rings. The molecule has 14 heavy (non-hydrogen) atoms. The molecule has 1 aromatic carbocycles. The average molecular weight is 329 g/mol. The maximum Gasteiger partial charge on any atom is 0.242 e. The van der Waals surface area contributed by atoms with E-state index in [0.29, 0.717) is 3.57 Å². The van der Waals surface area contributed by atoms with Gasteiger partial charge in [0, 0.05) is 17.7 Å². The van der Waals surface area contributed by atoms with E-state index >= 15 is 0 Å². The minimum atomic E-state index is -3.53. The second-order valence-corrected chi connectivity index (χ2v) is 6.18. The highest BCUT2D eigenvalue weighted by Crippen LogP contribution is 2.18. The molecule has 0 saturated heterocycles. The first-order valence-electron chi connectivity index (χ1n) is 3.73. The molecule has 0 fully saturated rings. The number of benzene rings is 1. The molecular weight excluding hydrogens is 320 g/mol. The molecule has 0 N–H and O–H groups in total. The van der Waals surface area contributed by atoms with Crippen molar-refractivity contribution in [3.63, 3.8) is 0 Å².